The average molecular weight is 424 g/mol. The number of ether oxygens (including phenoxy) is 1. The van der Waals surface area contributed by atoms with Crippen LogP contribution in [0.2, 0.25) is 0 Å². The fourth-order valence-electron chi connectivity index (χ4n) is 3.57. The summed E-state index contributed by atoms with van der Waals surface area (Å²) in [5.74, 6) is 0.698. The largest absolute Gasteiger partial charge is 0.385 e. The Morgan fingerprint density at radius 1 is 1.23 bits per heavy atom. The van der Waals surface area contributed by atoms with Gasteiger partial charge in [-0.3, -0.25) is 4.79 Å². The minimum Gasteiger partial charge on any atom is -0.385 e. The summed E-state index contributed by atoms with van der Waals surface area (Å²) in [6.45, 7) is 3.91. The Morgan fingerprint density at radius 2 is 2.10 bits per heavy atom. The molecule has 0 aliphatic carbocycles. The number of benzene rings is 1. The Labute approximate surface area is 178 Å². The minimum absolute atomic E-state index is 0.0728. The van der Waals surface area contributed by atoms with Gasteiger partial charge in [0.25, 0.3) is 5.91 Å². The molecule has 0 saturated carbocycles. The first kappa shape index (κ1) is 20.3. The van der Waals surface area contributed by atoms with Crippen molar-refractivity contribution in [3.05, 3.63) is 52.8 Å². The highest BCUT2D eigenvalue weighted by molar-refractivity contribution is 7.20. The van der Waals surface area contributed by atoms with Crippen LogP contribution in [0.15, 0.2) is 36.8 Å². The maximum atomic E-state index is 12.6. The molecule has 0 aliphatic heterocycles. The number of methoxy groups -OCH3 is 1. The molecule has 156 valence electrons. The van der Waals surface area contributed by atoms with Crippen LogP contribution in [0.25, 0.3) is 21.1 Å². The van der Waals surface area contributed by atoms with Crippen molar-refractivity contribution in [2.75, 3.05) is 32.1 Å². The predicted octanol–water partition coefficient (Wildman–Crippen LogP) is 3.90. The molecule has 1 aromatic carbocycles. The van der Waals surface area contributed by atoms with Gasteiger partial charge in [-0.05, 0) is 37.0 Å². The van der Waals surface area contributed by atoms with Crippen LogP contribution in [0, 0.1) is 6.92 Å². The SMILES string of the molecule is COCCCNC(=O)c1sc2ncnc(NCCc3c[nH]c4ccccc34)c2c1C. The van der Waals surface area contributed by atoms with Gasteiger partial charge >= 0.3 is 0 Å². The molecular formula is C22H25N5O2S. The molecule has 0 spiro atoms. The van der Waals surface area contributed by atoms with E-state index in [1.54, 1.807) is 13.4 Å². The summed E-state index contributed by atoms with van der Waals surface area (Å²) in [5.41, 5.74) is 3.32. The molecule has 0 atom stereocenters. The Kier molecular flexibility index (Phi) is 6.25. The molecule has 30 heavy (non-hydrogen) atoms. The lowest BCUT2D eigenvalue weighted by atomic mass is 10.1. The fourth-order valence-corrected chi connectivity index (χ4v) is 4.64. The summed E-state index contributed by atoms with van der Waals surface area (Å²) < 4.78 is 5.03. The number of carbonyl (C=O) groups excluding carboxylic acids is 1. The minimum atomic E-state index is -0.0728. The number of hydrogen-bond donors (Lipinski definition) is 3. The van der Waals surface area contributed by atoms with E-state index in [0.717, 1.165) is 46.5 Å². The number of amides is 1. The number of nitrogens with one attached hydrogen (secondary N) is 3. The molecule has 3 heterocycles. The number of hydrogen-bond acceptors (Lipinski definition) is 6. The van der Waals surface area contributed by atoms with Gasteiger partial charge < -0.3 is 20.4 Å². The molecule has 0 aliphatic rings. The molecule has 3 N–H and O–H groups in total. The van der Waals surface area contributed by atoms with Gasteiger partial charge in [0.15, 0.2) is 0 Å². The van der Waals surface area contributed by atoms with Crippen molar-refractivity contribution in [3.8, 4) is 0 Å². The highest BCUT2D eigenvalue weighted by Crippen LogP contribution is 2.33. The van der Waals surface area contributed by atoms with Crippen LogP contribution in [0.1, 0.15) is 27.2 Å². The zero-order valence-electron chi connectivity index (χ0n) is 17.1. The second-order valence-corrected chi connectivity index (χ2v) is 8.10. The molecule has 8 heteroatoms. The van der Waals surface area contributed by atoms with E-state index in [1.165, 1.54) is 22.3 Å². The standard InChI is InChI=1S/C22H25N5O2S/c1-14-18-20(23-10-8-15-12-25-17-7-4-3-6-16(15)17)26-13-27-22(18)30-19(14)21(28)24-9-5-11-29-2/h3-4,6-7,12-13,25H,5,8-11H2,1-2H3,(H,24,28)(H,23,26,27). The number of aromatic amines is 1. The van der Waals surface area contributed by atoms with E-state index in [9.17, 15) is 4.79 Å². The lowest BCUT2D eigenvalue weighted by molar-refractivity contribution is 0.0952. The van der Waals surface area contributed by atoms with E-state index in [-0.39, 0.29) is 5.91 Å². The molecule has 3 aromatic heterocycles. The zero-order valence-corrected chi connectivity index (χ0v) is 17.9. The molecule has 4 rings (SSSR count). The van der Waals surface area contributed by atoms with Crippen LogP contribution in [-0.4, -0.2) is 47.7 Å². The smallest absolute Gasteiger partial charge is 0.261 e. The molecule has 0 unspecified atom stereocenters. The third-order valence-corrected chi connectivity index (χ3v) is 6.30. The van der Waals surface area contributed by atoms with Gasteiger partial charge in [-0.2, -0.15) is 0 Å². The van der Waals surface area contributed by atoms with Gasteiger partial charge in [-0.25, -0.2) is 9.97 Å². The van der Waals surface area contributed by atoms with Crippen LogP contribution in [-0.2, 0) is 11.2 Å². The summed E-state index contributed by atoms with van der Waals surface area (Å²) >= 11 is 1.40. The van der Waals surface area contributed by atoms with Crippen molar-refractivity contribution >= 4 is 44.2 Å². The van der Waals surface area contributed by atoms with Crippen molar-refractivity contribution in [1.82, 2.24) is 20.3 Å². The van der Waals surface area contributed by atoms with Crippen molar-refractivity contribution < 1.29 is 9.53 Å². The first-order chi connectivity index (χ1) is 14.7. The van der Waals surface area contributed by atoms with Crippen LogP contribution < -0.4 is 10.6 Å². The quantitative estimate of drug-likeness (QED) is 0.355. The zero-order chi connectivity index (χ0) is 20.9. The van der Waals surface area contributed by atoms with E-state index in [2.05, 4.69) is 50.0 Å². The predicted molar refractivity (Wildman–Crippen MR) is 121 cm³/mol. The maximum Gasteiger partial charge on any atom is 0.261 e. The molecule has 0 radical (unpaired) electrons. The van der Waals surface area contributed by atoms with Gasteiger partial charge in [0, 0.05) is 43.9 Å². The van der Waals surface area contributed by atoms with E-state index in [4.69, 9.17) is 4.74 Å². The number of rotatable bonds is 9. The first-order valence-corrected chi connectivity index (χ1v) is 10.8. The molecule has 1 amide bonds. The van der Waals surface area contributed by atoms with Crippen molar-refractivity contribution in [2.24, 2.45) is 0 Å². The monoisotopic (exact) mass is 423 g/mol. The number of aromatic nitrogens is 3. The van der Waals surface area contributed by atoms with E-state index < -0.39 is 0 Å². The fraction of sp³-hybridized carbons (Fsp3) is 0.318. The molecule has 0 fully saturated rings. The van der Waals surface area contributed by atoms with Crippen molar-refractivity contribution in [1.29, 1.82) is 0 Å². The average Bonchev–Trinajstić information content (AvgIpc) is 3.33. The molecular weight excluding hydrogens is 398 g/mol. The van der Waals surface area contributed by atoms with Crippen LogP contribution in [0.3, 0.4) is 0 Å². The maximum absolute atomic E-state index is 12.6. The van der Waals surface area contributed by atoms with E-state index >= 15 is 0 Å². The topological polar surface area (TPSA) is 91.9 Å². The third kappa shape index (κ3) is 4.15. The number of aryl methyl sites for hydroxylation is 1. The van der Waals surface area contributed by atoms with Crippen LogP contribution >= 0.6 is 11.3 Å². The van der Waals surface area contributed by atoms with E-state index in [0.29, 0.717) is 18.0 Å². The van der Waals surface area contributed by atoms with Gasteiger partial charge in [0.1, 0.15) is 17.0 Å². The summed E-state index contributed by atoms with van der Waals surface area (Å²) in [5, 5.41) is 8.55. The highest BCUT2D eigenvalue weighted by Gasteiger charge is 2.19. The van der Waals surface area contributed by atoms with Gasteiger partial charge in [-0.1, -0.05) is 18.2 Å². The van der Waals surface area contributed by atoms with Gasteiger partial charge in [-0.15, -0.1) is 11.3 Å². The van der Waals surface area contributed by atoms with E-state index in [1.807, 2.05) is 13.0 Å². The Hall–Kier alpha value is -2.97. The molecule has 0 bridgehead atoms. The second-order valence-electron chi connectivity index (χ2n) is 7.10. The van der Waals surface area contributed by atoms with Crippen molar-refractivity contribution in [3.63, 3.8) is 0 Å². The molecule has 0 saturated heterocycles. The lowest BCUT2D eigenvalue weighted by Gasteiger charge is -2.07. The normalized spacial score (nSPS) is 11.3. The summed E-state index contributed by atoms with van der Waals surface area (Å²) in [7, 11) is 1.66. The number of para-hydroxylation sites is 1. The summed E-state index contributed by atoms with van der Waals surface area (Å²) in [4.78, 5) is 26.2. The number of thiophene rings is 1. The highest BCUT2D eigenvalue weighted by atomic mass is 32.1. The lowest BCUT2D eigenvalue weighted by Crippen LogP contribution is -2.24. The van der Waals surface area contributed by atoms with Crippen LogP contribution in [0.4, 0.5) is 5.82 Å². The van der Waals surface area contributed by atoms with Crippen molar-refractivity contribution in [2.45, 2.75) is 19.8 Å². The summed E-state index contributed by atoms with van der Waals surface area (Å²) in [6.07, 6.45) is 5.26. The van der Waals surface area contributed by atoms with Gasteiger partial charge in [0.2, 0.25) is 0 Å². The second kappa shape index (κ2) is 9.23. The Morgan fingerprint density at radius 3 is 2.97 bits per heavy atom. The first-order valence-electron chi connectivity index (χ1n) is 9.99. The number of carbonyl (C=O) groups is 1. The Balaban J connectivity index is 1.47. The number of H-pyrrole nitrogens is 1. The number of nitrogens with zero attached hydrogens (tertiary/aromatic N) is 2. The molecule has 4 aromatic rings. The van der Waals surface area contributed by atoms with Crippen LogP contribution in [0.5, 0.6) is 0 Å². The summed E-state index contributed by atoms with van der Waals surface area (Å²) in [6, 6.07) is 8.29. The van der Waals surface area contributed by atoms with Gasteiger partial charge in [0.05, 0.1) is 10.3 Å². The third-order valence-electron chi connectivity index (χ3n) is 5.11. The number of anilines is 1. The molecule has 7 nitrogen and oxygen atoms in total. The number of fused-ring (bicyclic) bond motifs is 2. The Bertz CT molecular complexity index is 1170.